The highest BCUT2D eigenvalue weighted by Gasteiger charge is 2.21. The number of anilines is 1. The van der Waals surface area contributed by atoms with Gasteiger partial charge in [-0.2, -0.15) is 0 Å². The van der Waals surface area contributed by atoms with Crippen LogP contribution >= 0.6 is 11.6 Å². The van der Waals surface area contributed by atoms with Gasteiger partial charge in [0.25, 0.3) is 0 Å². The standard InChI is InChI=1S/C17H27ClN2O/c1-3-15(19)12-13-11-14(18)5-6-17(13)20-9-7-16(8-10-20)21-4-2/h5-6,11,15-16H,3-4,7-10,12,19H2,1-2H3. The normalized spacial score (nSPS) is 18.0. The maximum atomic E-state index is 6.17. The van der Waals surface area contributed by atoms with Gasteiger partial charge in [0.15, 0.2) is 0 Å². The van der Waals surface area contributed by atoms with E-state index in [9.17, 15) is 0 Å². The molecule has 0 aliphatic carbocycles. The monoisotopic (exact) mass is 310 g/mol. The van der Waals surface area contributed by atoms with Crippen LogP contribution in [0.4, 0.5) is 5.69 Å². The molecule has 1 saturated heterocycles. The maximum Gasteiger partial charge on any atom is 0.0608 e. The van der Waals surface area contributed by atoms with Crippen molar-refractivity contribution < 1.29 is 4.74 Å². The lowest BCUT2D eigenvalue weighted by Gasteiger charge is -2.35. The number of hydrogen-bond donors (Lipinski definition) is 1. The van der Waals surface area contributed by atoms with Crippen molar-refractivity contribution in [2.45, 2.75) is 51.7 Å². The van der Waals surface area contributed by atoms with E-state index in [2.05, 4.69) is 30.9 Å². The molecule has 2 rings (SSSR count). The third-order valence-corrected chi connectivity index (χ3v) is 4.47. The molecule has 1 aromatic carbocycles. The van der Waals surface area contributed by atoms with Crippen LogP contribution in [-0.2, 0) is 11.2 Å². The van der Waals surface area contributed by atoms with Gasteiger partial charge in [0.2, 0.25) is 0 Å². The van der Waals surface area contributed by atoms with Crippen LogP contribution in [0.15, 0.2) is 18.2 Å². The number of rotatable bonds is 6. The number of ether oxygens (including phenoxy) is 1. The summed E-state index contributed by atoms with van der Waals surface area (Å²) in [4.78, 5) is 2.45. The van der Waals surface area contributed by atoms with Crippen molar-refractivity contribution in [2.75, 3.05) is 24.6 Å². The molecule has 0 amide bonds. The lowest BCUT2D eigenvalue weighted by Crippen LogP contribution is -2.38. The van der Waals surface area contributed by atoms with Crippen LogP contribution in [0.1, 0.15) is 38.7 Å². The van der Waals surface area contributed by atoms with Gasteiger partial charge >= 0.3 is 0 Å². The Morgan fingerprint density at radius 1 is 1.33 bits per heavy atom. The summed E-state index contributed by atoms with van der Waals surface area (Å²) in [5, 5.41) is 0.793. The van der Waals surface area contributed by atoms with Gasteiger partial charge < -0.3 is 15.4 Å². The van der Waals surface area contributed by atoms with Gasteiger partial charge in [-0.1, -0.05) is 18.5 Å². The van der Waals surface area contributed by atoms with Gasteiger partial charge in [0.05, 0.1) is 6.10 Å². The highest BCUT2D eigenvalue weighted by molar-refractivity contribution is 6.30. The molecule has 0 saturated carbocycles. The van der Waals surface area contributed by atoms with Gasteiger partial charge in [0, 0.05) is 36.4 Å². The lowest BCUT2D eigenvalue weighted by atomic mass is 10.00. The molecule has 118 valence electrons. The number of nitrogens with two attached hydrogens (primary N) is 1. The zero-order valence-electron chi connectivity index (χ0n) is 13.1. The highest BCUT2D eigenvalue weighted by Crippen LogP contribution is 2.28. The minimum atomic E-state index is 0.197. The summed E-state index contributed by atoms with van der Waals surface area (Å²) in [7, 11) is 0. The van der Waals surface area contributed by atoms with Crippen LogP contribution in [0.5, 0.6) is 0 Å². The van der Waals surface area contributed by atoms with Crippen LogP contribution < -0.4 is 10.6 Å². The van der Waals surface area contributed by atoms with E-state index in [1.807, 2.05) is 6.07 Å². The minimum Gasteiger partial charge on any atom is -0.378 e. The first-order valence-corrected chi connectivity index (χ1v) is 8.42. The molecule has 0 aromatic heterocycles. The Kier molecular flexibility index (Phi) is 6.34. The number of halogens is 1. The summed E-state index contributed by atoms with van der Waals surface area (Å²) < 4.78 is 5.73. The molecule has 4 heteroatoms. The summed E-state index contributed by atoms with van der Waals surface area (Å²) >= 11 is 6.17. The van der Waals surface area contributed by atoms with E-state index >= 15 is 0 Å². The molecule has 1 heterocycles. The molecule has 1 aliphatic heterocycles. The third kappa shape index (κ3) is 4.60. The van der Waals surface area contributed by atoms with Crippen LogP contribution in [0, 0.1) is 0 Å². The van der Waals surface area contributed by atoms with Gasteiger partial charge in [-0.05, 0) is 56.4 Å². The quantitative estimate of drug-likeness (QED) is 0.872. The highest BCUT2D eigenvalue weighted by atomic mass is 35.5. The van der Waals surface area contributed by atoms with Crippen molar-refractivity contribution in [3.05, 3.63) is 28.8 Å². The summed E-state index contributed by atoms with van der Waals surface area (Å²) in [6.07, 6.45) is 4.47. The summed E-state index contributed by atoms with van der Waals surface area (Å²) in [5.74, 6) is 0. The molecular weight excluding hydrogens is 284 g/mol. The number of benzene rings is 1. The first-order chi connectivity index (χ1) is 10.1. The van der Waals surface area contributed by atoms with Gasteiger partial charge in [-0.3, -0.25) is 0 Å². The second-order valence-electron chi connectivity index (χ2n) is 5.79. The van der Waals surface area contributed by atoms with E-state index in [0.29, 0.717) is 6.10 Å². The molecule has 1 fully saturated rings. The first kappa shape index (κ1) is 16.6. The summed E-state index contributed by atoms with van der Waals surface area (Å²) in [5.41, 5.74) is 8.69. The van der Waals surface area contributed by atoms with Crippen LogP contribution in [0.2, 0.25) is 5.02 Å². The van der Waals surface area contributed by atoms with Gasteiger partial charge in [-0.15, -0.1) is 0 Å². The molecule has 1 aromatic rings. The Balaban J connectivity index is 2.09. The minimum absolute atomic E-state index is 0.197. The number of piperidine rings is 1. The molecule has 3 nitrogen and oxygen atoms in total. The molecule has 0 radical (unpaired) electrons. The van der Waals surface area contributed by atoms with Crippen molar-refractivity contribution in [3.8, 4) is 0 Å². The number of hydrogen-bond acceptors (Lipinski definition) is 3. The topological polar surface area (TPSA) is 38.5 Å². The van der Waals surface area contributed by atoms with Crippen molar-refractivity contribution in [1.82, 2.24) is 0 Å². The largest absolute Gasteiger partial charge is 0.378 e. The molecule has 1 atom stereocenters. The second kappa shape index (κ2) is 8.02. The molecule has 1 unspecified atom stereocenters. The Bertz CT molecular complexity index is 444. The molecule has 0 spiro atoms. The van der Waals surface area contributed by atoms with Crippen LogP contribution in [0.3, 0.4) is 0 Å². The molecular formula is C17H27ClN2O. The molecule has 21 heavy (non-hydrogen) atoms. The first-order valence-electron chi connectivity index (χ1n) is 8.04. The van der Waals surface area contributed by atoms with Crippen molar-refractivity contribution in [1.29, 1.82) is 0 Å². The Morgan fingerprint density at radius 2 is 2.05 bits per heavy atom. The Morgan fingerprint density at radius 3 is 2.67 bits per heavy atom. The van der Waals surface area contributed by atoms with Crippen molar-refractivity contribution >= 4 is 17.3 Å². The maximum absolute atomic E-state index is 6.17. The van der Waals surface area contributed by atoms with E-state index in [1.54, 1.807) is 0 Å². The zero-order chi connectivity index (χ0) is 15.2. The lowest BCUT2D eigenvalue weighted by molar-refractivity contribution is 0.0459. The fraction of sp³-hybridized carbons (Fsp3) is 0.647. The van der Waals surface area contributed by atoms with Gasteiger partial charge in [0.1, 0.15) is 0 Å². The summed E-state index contributed by atoms with van der Waals surface area (Å²) in [6.45, 7) is 7.09. The Labute approximate surface area is 133 Å². The Hall–Kier alpha value is -0.770. The zero-order valence-corrected chi connectivity index (χ0v) is 13.9. The SMILES string of the molecule is CCOC1CCN(c2ccc(Cl)cc2CC(N)CC)CC1. The van der Waals surface area contributed by atoms with E-state index in [-0.39, 0.29) is 6.04 Å². The van der Waals surface area contributed by atoms with E-state index in [4.69, 9.17) is 22.1 Å². The molecule has 2 N–H and O–H groups in total. The average molecular weight is 311 g/mol. The summed E-state index contributed by atoms with van der Waals surface area (Å²) in [6, 6.07) is 6.39. The van der Waals surface area contributed by atoms with Crippen molar-refractivity contribution in [2.24, 2.45) is 5.73 Å². The van der Waals surface area contributed by atoms with Crippen LogP contribution in [0.25, 0.3) is 0 Å². The fourth-order valence-electron chi connectivity index (χ4n) is 2.95. The second-order valence-corrected chi connectivity index (χ2v) is 6.22. The molecule has 0 bridgehead atoms. The van der Waals surface area contributed by atoms with Gasteiger partial charge in [-0.25, -0.2) is 0 Å². The van der Waals surface area contributed by atoms with E-state index in [0.717, 1.165) is 50.4 Å². The van der Waals surface area contributed by atoms with Crippen molar-refractivity contribution in [3.63, 3.8) is 0 Å². The smallest absolute Gasteiger partial charge is 0.0608 e. The molecule has 1 aliphatic rings. The predicted molar refractivity (Wildman–Crippen MR) is 90.3 cm³/mol. The van der Waals surface area contributed by atoms with E-state index in [1.165, 1.54) is 11.3 Å². The van der Waals surface area contributed by atoms with E-state index < -0.39 is 0 Å². The average Bonchev–Trinajstić information content (AvgIpc) is 2.49. The third-order valence-electron chi connectivity index (χ3n) is 4.23. The van der Waals surface area contributed by atoms with Crippen LogP contribution in [-0.4, -0.2) is 31.8 Å². The fourth-order valence-corrected chi connectivity index (χ4v) is 3.15. The number of nitrogens with zero attached hydrogens (tertiary/aromatic N) is 1. The predicted octanol–water partition coefficient (Wildman–Crippen LogP) is 3.63.